The minimum atomic E-state index is 0.233. The van der Waals surface area contributed by atoms with Gasteiger partial charge >= 0.3 is 0 Å². The number of rotatable bonds is 6. The summed E-state index contributed by atoms with van der Waals surface area (Å²) >= 11 is 0. The topological polar surface area (TPSA) is 51.7 Å². The van der Waals surface area contributed by atoms with Gasteiger partial charge in [0.25, 0.3) is 0 Å². The van der Waals surface area contributed by atoms with Gasteiger partial charge in [-0.1, -0.05) is 48.5 Å². The first-order valence-electron chi connectivity index (χ1n) is 14.2. The molecule has 3 heterocycles. The number of anilines is 1. The highest BCUT2D eigenvalue weighted by atomic mass is 16.2. The molecule has 1 aromatic heterocycles. The number of likely N-dealkylation sites (N-methyl/N-ethyl adjacent to an activating group) is 1. The van der Waals surface area contributed by atoms with E-state index in [1.54, 1.807) is 0 Å². The molecule has 38 heavy (non-hydrogen) atoms. The van der Waals surface area contributed by atoms with Crippen molar-refractivity contribution in [2.75, 3.05) is 44.7 Å². The lowest BCUT2D eigenvalue weighted by molar-refractivity contribution is -0.130. The number of amides is 1. The lowest BCUT2D eigenvalue weighted by atomic mass is 9.89. The van der Waals surface area contributed by atoms with Gasteiger partial charge < -0.3 is 15.1 Å². The Balaban J connectivity index is 1.09. The smallest absolute Gasteiger partial charge is 0.227 e. The fraction of sp³-hybridized carbons (Fsp3) is 0.438. The first kappa shape index (κ1) is 25.1. The molecule has 3 aliphatic rings. The molecule has 2 aromatic carbocycles. The van der Waals surface area contributed by atoms with Crippen LogP contribution in [0.25, 0.3) is 0 Å². The molecule has 0 bridgehead atoms. The number of carbonyl (C=O) groups is 1. The molecular formula is C32H39N5O. The van der Waals surface area contributed by atoms with Gasteiger partial charge in [0.15, 0.2) is 0 Å². The Bertz CT molecular complexity index is 1250. The van der Waals surface area contributed by atoms with Gasteiger partial charge in [-0.2, -0.15) is 0 Å². The van der Waals surface area contributed by atoms with Crippen LogP contribution in [0.5, 0.6) is 0 Å². The Hall–Kier alpha value is -3.22. The average molecular weight is 510 g/mol. The summed E-state index contributed by atoms with van der Waals surface area (Å²) in [5, 5.41) is 3.81. The fourth-order valence-corrected chi connectivity index (χ4v) is 6.59. The quantitative estimate of drug-likeness (QED) is 0.545. The molecule has 0 saturated carbocycles. The van der Waals surface area contributed by atoms with Crippen LogP contribution in [0.3, 0.4) is 0 Å². The summed E-state index contributed by atoms with van der Waals surface area (Å²) in [5.74, 6) is 0.233. The van der Waals surface area contributed by atoms with E-state index >= 15 is 0 Å². The molecule has 2 aliphatic heterocycles. The van der Waals surface area contributed by atoms with Gasteiger partial charge in [-0.3, -0.25) is 14.7 Å². The van der Waals surface area contributed by atoms with Crippen LogP contribution in [-0.4, -0.2) is 66.5 Å². The molecule has 6 heteroatoms. The van der Waals surface area contributed by atoms with Crippen molar-refractivity contribution in [3.63, 3.8) is 0 Å². The lowest BCUT2D eigenvalue weighted by Crippen LogP contribution is -2.50. The maximum absolute atomic E-state index is 12.9. The van der Waals surface area contributed by atoms with Crippen LogP contribution in [0.2, 0.25) is 0 Å². The average Bonchev–Trinajstić information content (AvgIpc) is 2.97. The summed E-state index contributed by atoms with van der Waals surface area (Å²) in [5.41, 5.74) is 8.04. The van der Waals surface area contributed by atoms with E-state index in [1.165, 1.54) is 40.9 Å². The van der Waals surface area contributed by atoms with Crippen LogP contribution in [-0.2, 0) is 30.6 Å². The van der Waals surface area contributed by atoms with Crippen LogP contribution in [0, 0.1) is 0 Å². The van der Waals surface area contributed by atoms with E-state index in [9.17, 15) is 4.79 Å². The van der Waals surface area contributed by atoms with Crippen molar-refractivity contribution in [2.45, 2.75) is 50.7 Å². The zero-order valence-corrected chi connectivity index (χ0v) is 22.5. The van der Waals surface area contributed by atoms with Gasteiger partial charge in [0.1, 0.15) is 0 Å². The van der Waals surface area contributed by atoms with Crippen LogP contribution in [0.4, 0.5) is 5.69 Å². The highest BCUT2D eigenvalue weighted by Crippen LogP contribution is 2.33. The Morgan fingerprint density at radius 2 is 1.82 bits per heavy atom. The van der Waals surface area contributed by atoms with Gasteiger partial charge in [-0.25, -0.2) is 0 Å². The van der Waals surface area contributed by atoms with E-state index in [1.807, 2.05) is 41.4 Å². The van der Waals surface area contributed by atoms with Crippen LogP contribution < -0.4 is 10.2 Å². The van der Waals surface area contributed by atoms with Crippen molar-refractivity contribution in [3.8, 4) is 0 Å². The monoisotopic (exact) mass is 509 g/mol. The van der Waals surface area contributed by atoms with E-state index in [4.69, 9.17) is 4.98 Å². The zero-order valence-electron chi connectivity index (χ0n) is 22.5. The number of aromatic nitrogens is 1. The van der Waals surface area contributed by atoms with E-state index in [-0.39, 0.29) is 5.91 Å². The maximum atomic E-state index is 12.9. The molecule has 0 radical (unpaired) electrons. The standard InChI is InChI=1S/C32H39N5O/c1-35(30-14-5-10-25-12-7-15-33-32(25)30)23-27-21-28-26(22-34-27)11-6-13-29(28)36-16-18-37(19-17-36)31(38)20-24-8-3-2-4-9-24/h2-4,6-9,11-13,15,27,30,34H,5,10,14,16-23H2,1H3/t27-,30+/m1/s1. The predicted octanol–water partition coefficient (Wildman–Crippen LogP) is 4.00. The number of fused-ring (bicyclic) bond motifs is 2. The normalized spacial score (nSPS) is 21.2. The van der Waals surface area contributed by atoms with E-state index in [0.29, 0.717) is 18.5 Å². The van der Waals surface area contributed by atoms with Crippen molar-refractivity contribution < 1.29 is 4.79 Å². The van der Waals surface area contributed by atoms with Crippen molar-refractivity contribution in [1.29, 1.82) is 0 Å². The van der Waals surface area contributed by atoms with Crippen LogP contribution >= 0.6 is 0 Å². The van der Waals surface area contributed by atoms with Crippen LogP contribution in [0.15, 0.2) is 66.9 Å². The third kappa shape index (κ3) is 5.33. The Morgan fingerprint density at radius 3 is 2.66 bits per heavy atom. The number of aryl methyl sites for hydroxylation is 1. The molecule has 6 nitrogen and oxygen atoms in total. The summed E-state index contributed by atoms with van der Waals surface area (Å²) in [7, 11) is 2.27. The molecule has 2 atom stereocenters. The summed E-state index contributed by atoms with van der Waals surface area (Å²) in [6.45, 7) is 5.27. The first-order valence-corrected chi connectivity index (χ1v) is 14.2. The highest BCUT2D eigenvalue weighted by molar-refractivity contribution is 5.79. The zero-order chi connectivity index (χ0) is 25.9. The molecule has 3 aromatic rings. The minimum absolute atomic E-state index is 0.233. The van der Waals surface area contributed by atoms with Crippen LogP contribution in [0.1, 0.15) is 46.8 Å². The molecule has 1 N–H and O–H groups in total. The van der Waals surface area contributed by atoms with E-state index < -0.39 is 0 Å². The van der Waals surface area contributed by atoms with Crippen molar-refractivity contribution >= 4 is 11.6 Å². The van der Waals surface area contributed by atoms with Gasteiger partial charge in [-0.05, 0) is 67.1 Å². The van der Waals surface area contributed by atoms with Gasteiger partial charge in [-0.15, -0.1) is 0 Å². The van der Waals surface area contributed by atoms with E-state index in [0.717, 1.165) is 57.7 Å². The van der Waals surface area contributed by atoms with Crippen molar-refractivity contribution in [2.24, 2.45) is 0 Å². The van der Waals surface area contributed by atoms with Gasteiger partial charge in [0.2, 0.25) is 5.91 Å². The second-order valence-corrected chi connectivity index (χ2v) is 11.1. The Morgan fingerprint density at radius 1 is 1.00 bits per heavy atom. The number of hydrogen-bond donors (Lipinski definition) is 1. The molecule has 0 unspecified atom stereocenters. The molecule has 198 valence electrons. The number of piperazine rings is 1. The lowest BCUT2D eigenvalue weighted by Gasteiger charge is -2.40. The number of pyridine rings is 1. The molecular weight excluding hydrogens is 470 g/mol. The Labute approximate surface area is 226 Å². The number of hydrogen-bond acceptors (Lipinski definition) is 5. The second kappa shape index (κ2) is 11.3. The van der Waals surface area contributed by atoms with Gasteiger partial charge in [0.05, 0.1) is 18.2 Å². The fourth-order valence-electron chi connectivity index (χ4n) is 6.59. The molecule has 1 fully saturated rings. The third-order valence-corrected chi connectivity index (χ3v) is 8.66. The SMILES string of the molecule is CN(C[C@H]1Cc2c(cccc2N2CCN(C(=O)Cc3ccccc3)CC2)CN1)[C@H]1CCCc2cccnc21. The third-order valence-electron chi connectivity index (χ3n) is 8.66. The molecule has 6 rings (SSSR count). The minimum Gasteiger partial charge on any atom is -0.368 e. The second-order valence-electron chi connectivity index (χ2n) is 11.1. The largest absolute Gasteiger partial charge is 0.368 e. The maximum Gasteiger partial charge on any atom is 0.227 e. The van der Waals surface area contributed by atoms with E-state index in [2.05, 4.69) is 52.5 Å². The molecule has 0 spiro atoms. The van der Waals surface area contributed by atoms with Crippen molar-refractivity contribution in [1.82, 2.24) is 20.1 Å². The summed E-state index contributed by atoms with van der Waals surface area (Å²) in [6.07, 6.45) is 7.04. The highest BCUT2D eigenvalue weighted by Gasteiger charge is 2.30. The molecule has 1 amide bonds. The summed E-state index contributed by atoms with van der Waals surface area (Å²) in [6, 6.07) is 22.0. The number of benzene rings is 2. The predicted molar refractivity (Wildman–Crippen MR) is 152 cm³/mol. The number of nitrogens with one attached hydrogen (secondary N) is 1. The Kier molecular flexibility index (Phi) is 7.43. The number of carbonyl (C=O) groups excluding carboxylic acids is 1. The van der Waals surface area contributed by atoms with Gasteiger partial charge in [0, 0.05) is 57.2 Å². The summed E-state index contributed by atoms with van der Waals surface area (Å²) in [4.78, 5) is 24.7. The van der Waals surface area contributed by atoms with Crippen molar-refractivity contribution in [3.05, 3.63) is 94.8 Å². The molecule has 1 aliphatic carbocycles. The molecule has 1 saturated heterocycles. The first-order chi connectivity index (χ1) is 18.7. The number of nitrogens with zero attached hydrogens (tertiary/aromatic N) is 4. The summed E-state index contributed by atoms with van der Waals surface area (Å²) < 4.78 is 0.